The van der Waals surface area contributed by atoms with E-state index in [2.05, 4.69) is 20.7 Å². The largest absolute Gasteiger partial charge is 0.384 e. The predicted octanol–water partition coefficient (Wildman–Crippen LogP) is 4.45. The zero-order chi connectivity index (χ0) is 33.5. The van der Waals surface area contributed by atoms with Crippen LogP contribution in [0.4, 0.5) is 8.78 Å². The number of nitrogen functional groups attached to an aromatic ring is 1. The molecule has 12 nitrogen and oxygen atoms in total. The number of nitrogens with one attached hydrogen (secondary N) is 3. The highest BCUT2D eigenvalue weighted by atomic mass is 32.1. The van der Waals surface area contributed by atoms with Crippen molar-refractivity contribution in [2.75, 3.05) is 26.3 Å². The van der Waals surface area contributed by atoms with Crippen LogP contribution in [0.2, 0.25) is 0 Å². The van der Waals surface area contributed by atoms with Crippen LogP contribution in [0.15, 0.2) is 59.0 Å². The molecule has 1 saturated carbocycles. The van der Waals surface area contributed by atoms with E-state index in [0.29, 0.717) is 24.0 Å². The van der Waals surface area contributed by atoms with E-state index in [9.17, 15) is 23.2 Å². The minimum absolute atomic E-state index is 0.0780. The Morgan fingerprint density at radius 2 is 1.94 bits per heavy atom. The number of hydrogen-bond acceptors (Lipinski definition) is 7. The number of hydrogen-bond donors (Lipinski definition) is 4. The second-order valence-corrected chi connectivity index (χ2v) is 13.0. The average molecular weight is 663 g/mol. The summed E-state index contributed by atoms with van der Waals surface area (Å²) in [6.07, 6.45) is 0.956. The number of amides is 3. The lowest BCUT2D eigenvalue weighted by Crippen LogP contribution is -2.51. The van der Waals surface area contributed by atoms with Gasteiger partial charge in [0.15, 0.2) is 0 Å². The summed E-state index contributed by atoms with van der Waals surface area (Å²) in [6, 6.07) is 10.3. The van der Waals surface area contributed by atoms with E-state index in [-0.39, 0.29) is 59.8 Å². The normalized spacial score (nSPS) is 21.9. The average Bonchev–Trinajstić information content (AvgIpc) is 3.34. The molecule has 2 fully saturated rings. The van der Waals surface area contributed by atoms with Crippen LogP contribution >= 0.6 is 11.3 Å². The number of azide groups is 1. The first kappa shape index (κ1) is 32.1. The molecule has 1 saturated heterocycles. The third kappa shape index (κ3) is 5.93. The summed E-state index contributed by atoms with van der Waals surface area (Å²) < 4.78 is 35.7. The molecule has 2 aromatic carbocycles. The van der Waals surface area contributed by atoms with E-state index in [4.69, 9.17) is 21.4 Å². The lowest BCUT2D eigenvalue weighted by atomic mass is 10.00. The van der Waals surface area contributed by atoms with Crippen molar-refractivity contribution in [2.24, 2.45) is 16.3 Å². The van der Waals surface area contributed by atoms with Gasteiger partial charge in [-0.1, -0.05) is 35.4 Å². The van der Waals surface area contributed by atoms with Gasteiger partial charge in [0.05, 0.1) is 25.8 Å². The number of nitrogens with two attached hydrogens (primary N) is 1. The smallest absolute Gasteiger partial charge is 0.299 e. The molecule has 3 amide bonds. The summed E-state index contributed by atoms with van der Waals surface area (Å²) in [5, 5.41) is 18.4. The van der Waals surface area contributed by atoms with Crippen LogP contribution in [0.3, 0.4) is 0 Å². The number of carbonyl (C=O) groups is 3. The third-order valence-corrected chi connectivity index (χ3v) is 10.2. The molecule has 1 aliphatic heterocycles. The number of halogens is 2. The maximum atomic E-state index is 15.0. The van der Waals surface area contributed by atoms with Gasteiger partial charge in [0.25, 0.3) is 11.8 Å². The number of nitrogens with zero attached hydrogens (tertiary/aromatic N) is 4. The first-order valence-electron chi connectivity index (χ1n) is 15.0. The Morgan fingerprint density at radius 1 is 1.17 bits per heavy atom. The van der Waals surface area contributed by atoms with E-state index >= 15 is 0 Å². The van der Waals surface area contributed by atoms with Gasteiger partial charge in [0.2, 0.25) is 11.8 Å². The fraction of sp³-hybridized carbons (Fsp3) is 0.375. The number of benzene rings is 2. The van der Waals surface area contributed by atoms with Gasteiger partial charge < -0.3 is 26.0 Å². The molecule has 15 heteroatoms. The highest BCUT2D eigenvalue weighted by Crippen LogP contribution is 2.59. The zero-order valence-corrected chi connectivity index (χ0v) is 26.2. The van der Waals surface area contributed by atoms with Crippen molar-refractivity contribution in [3.63, 3.8) is 0 Å². The van der Waals surface area contributed by atoms with Crippen molar-refractivity contribution < 1.29 is 27.9 Å². The van der Waals surface area contributed by atoms with Gasteiger partial charge >= 0.3 is 0 Å². The maximum absolute atomic E-state index is 15.0. The van der Waals surface area contributed by atoms with Gasteiger partial charge in [0.1, 0.15) is 11.9 Å². The van der Waals surface area contributed by atoms with Gasteiger partial charge in [-0.05, 0) is 54.6 Å². The van der Waals surface area contributed by atoms with Crippen LogP contribution in [0, 0.1) is 10.8 Å². The summed E-state index contributed by atoms with van der Waals surface area (Å²) in [5.74, 6) is -4.69. The number of fused-ring (bicyclic) bond motifs is 4. The minimum Gasteiger partial charge on any atom is -0.384 e. The fourth-order valence-corrected chi connectivity index (χ4v) is 7.53. The van der Waals surface area contributed by atoms with Crippen molar-refractivity contribution >= 4 is 34.9 Å². The van der Waals surface area contributed by atoms with Crippen molar-refractivity contribution in [2.45, 2.75) is 43.8 Å². The van der Waals surface area contributed by atoms with Gasteiger partial charge in [-0.25, -0.2) is 0 Å². The van der Waals surface area contributed by atoms with Crippen LogP contribution in [0.1, 0.15) is 57.7 Å². The Morgan fingerprint density at radius 3 is 2.68 bits per heavy atom. The number of piperidine rings is 1. The Hall–Kier alpha value is -4.85. The summed E-state index contributed by atoms with van der Waals surface area (Å²) in [4.78, 5) is 45.5. The van der Waals surface area contributed by atoms with Gasteiger partial charge in [-0.2, -0.15) is 8.78 Å². The van der Waals surface area contributed by atoms with Crippen LogP contribution in [0.25, 0.3) is 21.6 Å². The molecule has 0 unspecified atom stereocenters. The summed E-state index contributed by atoms with van der Waals surface area (Å²) in [7, 11) is 0. The molecule has 0 spiro atoms. The monoisotopic (exact) mass is 662 g/mol. The number of rotatable bonds is 12. The molecule has 2 aliphatic carbocycles. The zero-order valence-electron chi connectivity index (χ0n) is 25.3. The molecule has 244 valence electrons. The molecular formula is C32H32F2N8O4S. The number of likely N-dealkylation sites (tertiary alicyclic amines) is 1. The molecule has 2 heterocycles. The molecule has 4 atom stereocenters. The third-order valence-electron chi connectivity index (χ3n) is 9.09. The first-order valence-corrected chi connectivity index (χ1v) is 15.9. The Labute approximate surface area is 272 Å². The van der Waals surface area contributed by atoms with Crippen molar-refractivity contribution in [3.8, 4) is 11.1 Å². The summed E-state index contributed by atoms with van der Waals surface area (Å²) >= 11 is 1.36. The van der Waals surface area contributed by atoms with Crippen molar-refractivity contribution in [3.05, 3.63) is 91.5 Å². The lowest BCUT2D eigenvalue weighted by Gasteiger charge is -2.28. The molecule has 5 N–H and O–H groups in total. The fourth-order valence-electron chi connectivity index (χ4n) is 6.62. The lowest BCUT2D eigenvalue weighted by molar-refractivity contribution is -0.139. The van der Waals surface area contributed by atoms with Gasteiger partial charge in [-0.15, -0.1) is 11.3 Å². The molecule has 1 aromatic heterocycles. The topological polar surface area (TPSA) is 186 Å². The van der Waals surface area contributed by atoms with E-state index in [1.807, 2.05) is 0 Å². The Bertz CT molecular complexity index is 1830. The number of ether oxygens (including phenoxy) is 1. The SMILES string of the molecule is C[C@@H](NC(=O)[C@@H]1C[C@]2(COCCN=[N+]=[N-])C[C@@H]2N1C(=O)CNC(=O)c1ccc2c(c1)-c1ccccc1C2(F)F)c1cc(C(=N)N)cs1. The highest BCUT2D eigenvalue weighted by molar-refractivity contribution is 7.10. The van der Waals surface area contributed by atoms with Crippen LogP contribution < -0.4 is 16.4 Å². The Balaban J connectivity index is 1.15. The van der Waals surface area contributed by atoms with E-state index in [0.717, 1.165) is 4.88 Å². The molecule has 0 bridgehead atoms. The van der Waals surface area contributed by atoms with Crippen molar-refractivity contribution in [1.82, 2.24) is 15.5 Å². The van der Waals surface area contributed by atoms with Crippen LogP contribution in [-0.4, -0.2) is 66.8 Å². The van der Waals surface area contributed by atoms with Gasteiger partial charge in [0, 0.05) is 55.4 Å². The molecule has 0 radical (unpaired) electrons. The van der Waals surface area contributed by atoms with Crippen LogP contribution in [-0.2, 0) is 20.2 Å². The molecular weight excluding hydrogens is 630 g/mol. The number of alkyl halides is 2. The number of thiophene rings is 1. The number of amidine groups is 1. The highest BCUT2D eigenvalue weighted by Gasteiger charge is 2.67. The molecule has 47 heavy (non-hydrogen) atoms. The summed E-state index contributed by atoms with van der Waals surface area (Å²) in [6.45, 7) is 2.02. The van der Waals surface area contributed by atoms with Gasteiger partial charge in [-0.3, -0.25) is 19.8 Å². The standard InChI is InChI=1S/C32H32F2N8O4S/c1-17(25-11-19(15-47-25)28(35)36)40-30(45)24-12-31(16-46-9-8-39-41-37)13-26(31)42(24)27(43)14-38-29(44)18-6-7-23-21(10-18)20-4-2-3-5-22(20)32(23,33)34/h2-7,10-11,15,17,24,26H,8-9,12-14,16H2,1H3,(H3,35,36)(H,38,44)(H,40,45)/t17-,24+,26+,31-/m1/s1. The maximum Gasteiger partial charge on any atom is 0.299 e. The summed E-state index contributed by atoms with van der Waals surface area (Å²) in [5.41, 5.74) is 14.6. The van der Waals surface area contributed by atoms with E-state index in [1.54, 1.807) is 36.6 Å². The molecule has 3 aliphatic rings. The predicted molar refractivity (Wildman–Crippen MR) is 170 cm³/mol. The second kappa shape index (κ2) is 12.4. The second-order valence-electron chi connectivity index (χ2n) is 12.1. The van der Waals surface area contributed by atoms with E-state index in [1.165, 1.54) is 40.5 Å². The van der Waals surface area contributed by atoms with Crippen LogP contribution in [0.5, 0.6) is 0 Å². The number of carbonyl (C=O) groups excluding carboxylic acids is 3. The Kier molecular flexibility index (Phi) is 8.47. The molecule has 3 aromatic rings. The van der Waals surface area contributed by atoms with Crippen molar-refractivity contribution in [1.29, 1.82) is 5.41 Å². The van der Waals surface area contributed by atoms with E-state index < -0.39 is 41.8 Å². The minimum atomic E-state index is -3.18. The molecule has 6 rings (SSSR count). The first-order chi connectivity index (χ1) is 22.5. The quantitative estimate of drug-likeness (QED) is 0.0556.